The van der Waals surface area contributed by atoms with Gasteiger partial charge in [-0.05, 0) is 103 Å². The molecule has 3 saturated carbocycles. The number of rotatable bonds is 15. The Balaban J connectivity index is 0.803. The standard InChI is InChI=1S/C56H86O19/c1-28(57)36-19-22-56(62)54(36,7)41(72-51(60)33-15-13-12-14-16-33)27-40-53(6)20-18-35(23-34(53)17-21-55(40,56)61)71-42-24-37(63-8)47(30(3)67-42)73-43-25-38(64-9)48(31(4)68-43)74-44-26-39(65-10)49(32(5)69-44)75-52-46(59)50(66-11)45(58)29(2)70-52/h12-17,28-32,35-50,52,57-59,61-62H,18-27H2,1-11H3/t28-,29-,30+,31+,32+,35+,36+,37+,38+,39+,40+,41-,42-,43-,44-,45-,46-,47+,48+,49+,50-,52+,53-,54-,55+,56-/m0/s1. The van der Waals surface area contributed by atoms with E-state index in [0.717, 1.165) is 5.57 Å². The number of esters is 1. The number of aliphatic hydroxyl groups is 5. The second kappa shape index (κ2) is 22.7. The van der Waals surface area contributed by atoms with E-state index in [4.69, 9.17) is 61.6 Å². The van der Waals surface area contributed by atoms with Crippen LogP contribution in [0.1, 0.15) is 123 Å². The van der Waals surface area contributed by atoms with E-state index in [1.165, 1.54) is 7.11 Å². The number of fused-ring (bicyclic) bond motifs is 5. The van der Waals surface area contributed by atoms with E-state index >= 15 is 0 Å². The van der Waals surface area contributed by atoms with Crippen molar-refractivity contribution in [1.82, 2.24) is 0 Å². The smallest absolute Gasteiger partial charge is 0.338 e. The summed E-state index contributed by atoms with van der Waals surface area (Å²) in [6, 6.07) is 8.84. The van der Waals surface area contributed by atoms with Gasteiger partial charge in [0.15, 0.2) is 25.2 Å². The van der Waals surface area contributed by atoms with Gasteiger partial charge in [-0.15, -0.1) is 0 Å². The molecule has 7 fully saturated rings. The molecule has 4 heterocycles. The van der Waals surface area contributed by atoms with Gasteiger partial charge in [0.25, 0.3) is 0 Å². The molecule has 26 atom stereocenters. The van der Waals surface area contributed by atoms with E-state index in [0.29, 0.717) is 56.9 Å². The van der Waals surface area contributed by atoms with E-state index in [2.05, 4.69) is 13.0 Å². The summed E-state index contributed by atoms with van der Waals surface area (Å²) in [6.45, 7) is 13.2. The van der Waals surface area contributed by atoms with Crippen LogP contribution in [0.4, 0.5) is 0 Å². The Hall–Kier alpha value is -2.25. The predicted molar refractivity (Wildman–Crippen MR) is 267 cm³/mol. The molecule has 1 aromatic rings. The number of benzene rings is 1. The van der Waals surface area contributed by atoms with E-state index in [-0.39, 0.29) is 25.0 Å². The van der Waals surface area contributed by atoms with Crippen molar-refractivity contribution in [1.29, 1.82) is 0 Å². The molecular weight excluding hydrogens is 977 g/mol. The fourth-order valence-corrected chi connectivity index (χ4v) is 15.1. The number of hydrogen-bond donors (Lipinski definition) is 5. The monoisotopic (exact) mass is 1060 g/mol. The van der Waals surface area contributed by atoms with Crippen LogP contribution in [-0.4, -0.2) is 194 Å². The molecule has 0 aromatic heterocycles. The molecule has 0 spiro atoms. The zero-order valence-electron chi connectivity index (χ0n) is 45.7. The lowest BCUT2D eigenvalue weighted by Crippen LogP contribution is -2.75. The van der Waals surface area contributed by atoms with Crippen molar-refractivity contribution in [2.45, 2.75) is 247 Å². The molecule has 8 aliphatic rings. The summed E-state index contributed by atoms with van der Waals surface area (Å²) in [5.74, 6) is -1.31. The molecule has 4 saturated heterocycles. The summed E-state index contributed by atoms with van der Waals surface area (Å²) in [4.78, 5) is 13.7. The van der Waals surface area contributed by atoms with Crippen molar-refractivity contribution in [2.75, 3.05) is 28.4 Å². The molecule has 19 nitrogen and oxygen atoms in total. The lowest BCUT2D eigenvalue weighted by molar-refractivity contribution is -0.355. The van der Waals surface area contributed by atoms with Gasteiger partial charge in [-0.25, -0.2) is 4.79 Å². The average Bonchev–Trinajstić information content (AvgIpc) is 3.69. The van der Waals surface area contributed by atoms with E-state index in [1.807, 2.05) is 33.8 Å². The van der Waals surface area contributed by atoms with Gasteiger partial charge in [0, 0.05) is 59.0 Å². The highest BCUT2D eigenvalue weighted by molar-refractivity contribution is 5.89. The topological polar surface area (TPSA) is 238 Å². The minimum absolute atomic E-state index is 0.186. The van der Waals surface area contributed by atoms with Crippen molar-refractivity contribution in [3.8, 4) is 0 Å². The Morgan fingerprint density at radius 3 is 1.75 bits per heavy atom. The lowest BCUT2D eigenvalue weighted by atomic mass is 9.42. The van der Waals surface area contributed by atoms with E-state index in [1.54, 1.807) is 59.4 Å². The fraction of sp³-hybridized carbons (Fsp3) is 0.839. The third-order valence-corrected chi connectivity index (χ3v) is 19.4. The van der Waals surface area contributed by atoms with Crippen molar-refractivity contribution in [3.63, 3.8) is 0 Å². The molecule has 19 heteroatoms. The fourth-order valence-electron chi connectivity index (χ4n) is 15.1. The Kier molecular flexibility index (Phi) is 17.4. The summed E-state index contributed by atoms with van der Waals surface area (Å²) in [7, 11) is 6.28. The molecule has 424 valence electrons. The number of carbonyl (C=O) groups excluding carboxylic acids is 1. The first-order valence-corrected chi connectivity index (χ1v) is 27.4. The van der Waals surface area contributed by atoms with Crippen LogP contribution >= 0.6 is 0 Å². The molecule has 5 N–H and O–H groups in total. The highest BCUT2D eigenvalue weighted by atomic mass is 16.8. The second-order valence-corrected chi connectivity index (χ2v) is 23.4. The van der Waals surface area contributed by atoms with Crippen LogP contribution in [-0.2, 0) is 61.6 Å². The molecule has 4 aliphatic heterocycles. The molecular formula is C56H86O19. The average molecular weight is 1060 g/mol. The van der Waals surface area contributed by atoms with Gasteiger partial charge in [0.05, 0.1) is 60.5 Å². The Labute approximate surface area is 442 Å². The second-order valence-electron chi connectivity index (χ2n) is 23.4. The van der Waals surface area contributed by atoms with Crippen LogP contribution in [0.15, 0.2) is 42.0 Å². The Morgan fingerprint density at radius 2 is 1.21 bits per heavy atom. The summed E-state index contributed by atoms with van der Waals surface area (Å²) in [5.41, 5.74) is -3.20. The quantitative estimate of drug-likeness (QED) is 0.120. The van der Waals surface area contributed by atoms with E-state index < -0.39 is 150 Å². The van der Waals surface area contributed by atoms with Gasteiger partial charge in [-0.1, -0.05) is 43.7 Å². The van der Waals surface area contributed by atoms with Crippen LogP contribution in [0.5, 0.6) is 0 Å². The van der Waals surface area contributed by atoms with Crippen LogP contribution in [0.25, 0.3) is 0 Å². The molecule has 0 unspecified atom stereocenters. The van der Waals surface area contributed by atoms with Crippen LogP contribution in [0.3, 0.4) is 0 Å². The zero-order valence-corrected chi connectivity index (χ0v) is 45.7. The maximum absolute atomic E-state index is 13.7. The van der Waals surface area contributed by atoms with Crippen LogP contribution in [0, 0.1) is 22.7 Å². The van der Waals surface area contributed by atoms with Crippen molar-refractivity contribution in [2.24, 2.45) is 22.7 Å². The predicted octanol–water partition coefficient (Wildman–Crippen LogP) is 4.48. The number of methoxy groups -OCH3 is 4. The van der Waals surface area contributed by atoms with Gasteiger partial charge in [-0.3, -0.25) is 0 Å². The van der Waals surface area contributed by atoms with Gasteiger partial charge in [0.1, 0.15) is 53.9 Å². The van der Waals surface area contributed by atoms with Gasteiger partial charge in [-0.2, -0.15) is 0 Å². The minimum atomic E-state index is -1.62. The summed E-state index contributed by atoms with van der Waals surface area (Å²) >= 11 is 0. The summed E-state index contributed by atoms with van der Waals surface area (Å²) < 4.78 is 81.3. The SMILES string of the molecule is CO[C@@H]1[C@H](O)[C@@H](O[C@@H]2[C@@H](C)O[C@@H](O[C@@H]3[C@@H](C)O[C@@H](O[C@@H]4[C@@H](C)O[C@@H](O[C@@H]5CC[C@@]6(C)C(=CC[C@@]7(O)[C@@H]6C[C@H](OC(=O)c6ccccc6)[C@]6(C)[C@@H]([C@H](C)O)CC[C@]67O)C5)C[C@H]4OC)C[C@H]3OC)C[C@H]2OC)O[C@@H](C)[C@@H]1O. The van der Waals surface area contributed by atoms with Gasteiger partial charge in [0.2, 0.25) is 0 Å². The lowest BCUT2D eigenvalue weighted by Gasteiger charge is -2.66. The first kappa shape index (κ1) is 57.4. The minimum Gasteiger partial charge on any atom is -0.458 e. The molecule has 0 bridgehead atoms. The molecule has 4 aliphatic carbocycles. The maximum atomic E-state index is 13.7. The van der Waals surface area contributed by atoms with Crippen molar-refractivity contribution >= 4 is 5.97 Å². The molecule has 1 aromatic carbocycles. The number of aliphatic hydroxyl groups excluding tert-OH is 3. The normalized spacial score (nSPS) is 49.4. The highest BCUT2D eigenvalue weighted by Gasteiger charge is 2.77. The number of hydrogen-bond acceptors (Lipinski definition) is 19. The highest BCUT2D eigenvalue weighted by Crippen LogP contribution is 2.70. The third kappa shape index (κ3) is 10.3. The maximum Gasteiger partial charge on any atom is 0.338 e. The van der Waals surface area contributed by atoms with Crippen molar-refractivity contribution < 1.29 is 91.9 Å². The first-order valence-electron chi connectivity index (χ1n) is 27.4. The summed E-state index contributed by atoms with van der Waals surface area (Å²) in [6.07, 6.45) is -6.44. The number of carbonyl (C=O) groups is 1. The largest absolute Gasteiger partial charge is 0.458 e. The van der Waals surface area contributed by atoms with Gasteiger partial charge >= 0.3 is 5.97 Å². The van der Waals surface area contributed by atoms with Crippen molar-refractivity contribution in [3.05, 3.63) is 47.5 Å². The van der Waals surface area contributed by atoms with Gasteiger partial charge < -0.3 is 87.1 Å². The first-order chi connectivity index (χ1) is 35.6. The zero-order chi connectivity index (χ0) is 53.9. The van der Waals surface area contributed by atoms with E-state index in [9.17, 15) is 30.3 Å². The van der Waals surface area contributed by atoms with Crippen LogP contribution in [0.2, 0.25) is 0 Å². The molecule has 0 amide bonds. The van der Waals surface area contributed by atoms with Crippen LogP contribution < -0.4 is 0 Å². The molecule has 0 radical (unpaired) electrons. The summed E-state index contributed by atoms with van der Waals surface area (Å²) in [5, 5.41) is 58.5. The number of ether oxygens (including phenoxy) is 13. The molecule has 75 heavy (non-hydrogen) atoms. The Morgan fingerprint density at radius 1 is 0.667 bits per heavy atom. The Bertz CT molecular complexity index is 2120. The third-order valence-electron chi connectivity index (χ3n) is 19.4. The molecule has 9 rings (SSSR count).